The molecule has 0 radical (unpaired) electrons. The molecule has 0 amide bonds. The Kier molecular flexibility index (Phi) is 18.7. The van der Waals surface area contributed by atoms with Crippen LogP contribution in [0.3, 0.4) is 0 Å². The third-order valence-electron chi connectivity index (χ3n) is 28.5. The van der Waals surface area contributed by atoms with Gasteiger partial charge in [0.2, 0.25) is 0 Å². The largest absolute Gasteiger partial charge is 0.456 e. The van der Waals surface area contributed by atoms with E-state index in [1.807, 2.05) is 0 Å². The van der Waals surface area contributed by atoms with Crippen molar-refractivity contribution in [2.45, 2.75) is 0 Å². The molecular weight excluding hydrogens is 1660 g/mol. The van der Waals surface area contributed by atoms with Crippen LogP contribution in [0, 0.1) is 0 Å². The van der Waals surface area contributed by atoms with E-state index in [2.05, 4.69) is 497 Å². The first-order valence-electron chi connectivity index (χ1n) is 47.1. The third kappa shape index (κ3) is 13.3. The second-order valence-corrected chi connectivity index (χ2v) is 36.1. The van der Waals surface area contributed by atoms with Crippen molar-refractivity contribution in [3.63, 3.8) is 0 Å². The van der Waals surface area contributed by atoms with Gasteiger partial charge in [-0.1, -0.05) is 425 Å². The van der Waals surface area contributed by atoms with Crippen LogP contribution in [0.2, 0.25) is 0 Å². The lowest BCUT2D eigenvalue weighted by Gasteiger charge is -2.20. The summed E-state index contributed by atoms with van der Waals surface area (Å²) in [6.45, 7) is 0. The number of furan rings is 3. The van der Waals surface area contributed by atoms with Crippen LogP contribution in [0.1, 0.15) is 0 Å². The molecule has 3 nitrogen and oxygen atoms in total. The Balaban J connectivity index is 0.000000104. The summed E-state index contributed by atoms with van der Waals surface area (Å²) < 4.78 is 19.1. The van der Waals surface area contributed by atoms with Gasteiger partial charge in [-0.3, -0.25) is 0 Å². The number of hydrogen-bond donors (Lipinski definition) is 0. The quantitative estimate of drug-likeness (QED) is 0.135. The van der Waals surface area contributed by atoms with Gasteiger partial charge in [0.1, 0.15) is 33.5 Å². The zero-order valence-corrected chi connectivity index (χ0v) is 74.6. The highest BCUT2D eigenvalue weighted by molar-refractivity contribution is 6.28. The Morgan fingerprint density at radius 2 is 0.365 bits per heavy atom. The van der Waals surface area contributed by atoms with Crippen LogP contribution < -0.4 is 0 Å². The van der Waals surface area contributed by atoms with Gasteiger partial charge >= 0.3 is 0 Å². The smallest absolute Gasteiger partial charge is 0.136 e. The van der Waals surface area contributed by atoms with Crippen molar-refractivity contribution in [2.24, 2.45) is 0 Å². The molecule has 0 aliphatic rings. The molecule has 0 bridgehead atoms. The van der Waals surface area contributed by atoms with Crippen LogP contribution in [0.25, 0.3) is 284 Å². The van der Waals surface area contributed by atoms with E-state index in [0.29, 0.717) is 0 Å². The molecular formula is C134H82O3. The zero-order chi connectivity index (χ0) is 90.1. The maximum Gasteiger partial charge on any atom is 0.136 e. The van der Waals surface area contributed by atoms with Gasteiger partial charge in [0.15, 0.2) is 0 Å². The van der Waals surface area contributed by atoms with Gasteiger partial charge in [0.25, 0.3) is 0 Å². The van der Waals surface area contributed by atoms with Gasteiger partial charge in [0.05, 0.1) is 0 Å². The van der Waals surface area contributed by atoms with Crippen LogP contribution >= 0.6 is 0 Å². The molecule has 0 saturated carbocycles. The predicted octanol–water partition coefficient (Wildman–Crippen LogP) is 38.4. The summed E-state index contributed by atoms with van der Waals surface area (Å²) in [4.78, 5) is 0. The third-order valence-corrected chi connectivity index (χ3v) is 28.5. The van der Waals surface area contributed by atoms with Crippen LogP contribution in [-0.4, -0.2) is 0 Å². The lowest BCUT2D eigenvalue weighted by Crippen LogP contribution is -1.93. The second-order valence-electron chi connectivity index (χ2n) is 36.1. The molecule has 0 aliphatic heterocycles. The summed E-state index contributed by atoms with van der Waals surface area (Å²) in [5.41, 5.74) is 27.8. The second kappa shape index (κ2) is 32.5. The summed E-state index contributed by atoms with van der Waals surface area (Å²) in [6.07, 6.45) is 0. The predicted molar refractivity (Wildman–Crippen MR) is 583 cm³/mol. The molecule has 3 heteroatoms. The molecule has 0 unspecified atom stereocenters. The van der Waals surface area contributed by atoms with Crippen molar-refractivity contribution in [1.29, 1.82) is 0 Å². The van der Waals surface area contributed by atoms with Crippen molar-refractivity contribution < 1.29 is 13.3 Å². The van der Waals surface area contributed by atoms with Crippen molar-refractivity contribution in [2.75, 3.05) is 0 Å². The first kappa shape index (κ1) is 78.8. The van der Waals surface area contributed by atoms with Crippen LogP contribution in [0.15, 0.2) is 511 Å². The molecule has 0 aliphatic carbocycles. The van der Waals surface area contributed by atoms with Gasteiger partial charge in [-0.05, 0) is 291 Å². The zero-order valence-electron chi connectivity index (χ0n) is 74.6. The van der Waals surface area contributed by atoms with E-state index in [0.717, 1.165) is 60.4 Å². The fourth-order valence-electron chi connectivity index (χ4n) is 22.3. The highest BCUT2D eigenvalue weighted by Crippen LogP contribution is 2.52. The first-order valence-corrected chi connectivity index (χ1v) is 47.1. The maximum absolute atomic E-state index is 6.39. The number of benzene rings is 26. The van der Waals surface area contributed by atoms with Crippen molar-refractivity contribution in [3.05, 3.63) is 497 Å². The van der Waals surface area contributed by atoms with Gasteiger partial charge in [-0.15, -0.1) is 0 Å². The van der Waals surface area contributed by atoms with Crippen molar-refractivity contribution >= 4 is 184 Å². The highest BCUT2D eigenvalue weighted by Gasteiger charge is 2.26. The Labute approximate surface area is 789 Å². The van der Waals surface area contributed by atoms with Crippen LogP contribution in [-0.2, 0) is 0 Å². The molecule has 29 aromatic rings. The standard InChI is InChI=1S/2C46H28O.C42H26O/c1-3-16-34-29(11-1)13-10-22-35(34)31-14-9-15-32(27-31)44-37-18-5-7-20-39(37)45(40-21-8-6-19-38(40)44)33-24-25-42-41(28-33)46-36-17-4-2-12-30(36)23-26-43(46)47-42;1-2-14-31-28-44-42(26-30(31)13-1)41-27-32(24-25-43(41)47-44)45-37-19-7-9-21-39(37)46(40-22-10-8-20-38(40)45)36-18-6-5-17-35(36)34-23-11-15-29-12-3-4-16-33(29)34;1-2-10-27(11-3-1)28-18-20-29(21-19-28)41-33-14-6-8-16-35(33)42(36-17-9-7-15-34(36)41)32-22-23-39-37(25-32)38-24-30-12-4-5-13-31(30)26-40(38)43-39/h2*1-28H;1-26H. The Hall–Kier alpha value is -18.0. The fraction of sp³-hybridized carbons (Fsp3) is 0. The minimum absolute atomic E-state index is 0.910. The highest BCUT2D eigenvalue weighted by atomic mass is 16.3. The summed E-state index contributed by atoms with van der Waals surface area (Å²) in [6, 6.07) is 180. The molecule has 137 heavy (non-hydrogen) atoms. The topological polar surface area (TPSA) is 39.4 Å². The molecule has 0 N–H and O–H groups in total. The van der Waals surface area contributed by atoms with E-state index in [9.17, 15) is 0 Å². The van der Waals surface area contributed by atoms with E-state index in [1.54, 1.807) is 0 Å². The molecule has 636 valence electrons. The molecule has 0 atom stereocenters. The van der Waals surface area contributed by atoms with Crippen molar-refractivity contribution in [1.82, 2.24) is 0 Å². The van der Waals surface area contributed by atoms with Crippen LogP contribution in [0.5, 0.6) is 0 Å². The van der Waals surface area contributed by atoms with Gasteiger partial charge in [-0.25, -0.2) is 0 Å². The number of hydrogen-bond acceptors (Lipinski definition) is 3. The van der Waals surface area contributed by atoms with Gasteiger partial charge in [-0.2, -0.15) is 0 Å². The summed E-state index contributed by atoms with van der Waals surface area (Å²) in [7, 11) is 0. The van der Waals surface area contributed by atoms with E-state index in [-0.39, 0.29) is 0 Å². The van der Waals surface area contributed by atoms with Crippen molar-refractivity contribution in [3.8, 4) is 100 Å². The van der Waals surface area contributed by atoms with Crippen LogP contribution in [0.4, 0.5) is 0 Å². The Bertz CT molecular complexity index is 9820. The van der Waals surface area contributed by atoms with E-state index in [4.69, 9.17) is 13.3 Å². The lowest BCUT2D eigenvalue weighted by molar-refractivity contribution is 0.669. The summed E-state index contributed by atoms with van der Waals surface area (Å²) in [5.74, 6) is 0. The maximum atomic E-state index is 6.39. The summed E-state index contributed by atoms with van der Waals surface area (Å²) >= 11 is 0. The van der Waals surface area contributed by atoms with Gasteiger partial charge in [0, 0.05) is 32.3 Å². The molecule has 26 aromatic carbocycles. The average Bonchev–Trinajstić information content (AvgIpc) is 1.72. The van der Waals surface area contributed by atoms with E-state index < -0.39 is 0 Å². The molecule has 0 saturated heterocycles. The SMILES string of the molecule is c1cc(-c2cccc3ccccc23)cc(-c2c3ccccc3c(-c3ccc4oc5ccc6ccccc6c5c4c3)c3ccccc23)c1.c1ccc(-c2c3ccccc3c(-c3ccc4oc5cc6ccccc6cc5c4c3)c3ccccc23)c(-c2cccc3ccccc23)c1.c1ccc(-c2ccc(-c3c4ccccc4c(-c4ccc5oc6cc7ccccc7cc6c5c4)c4ccccc34)cc2)cc1. The fourth-order valence-corrected chi connectivity index (χ4v) is 22.3. The minimum atomic E-state index is 0.910. The lowest BCUT2D eigenvalue weighted by atomic mass is 9.83. The molecule has 3 aromatic heterocycles. The van der Waals surface area contributed by atoms with E-state index >= 15 is 0 Å². The van der Waals surface area contributed by atoms with Gasteiger partial charge < -0.3 is 13.3 Å². The monoisotopic (exact) mass is 1740 g/mol. The molecule has 3 heterocycles. The average molecular weight is 1740 g/mol. The Morgan fingerprint density at radius 3 is 0.825 bits per heavy atom. The Morgan fingerprint density at radius 1 is 0.102 bits per heavy atom. The molecule has 0 spiro atoms. The molecule has 29 rings (SSSR count). The van der Waals surface area contributed by atoms with E-state index in [1.165, 1.54) is 224 Å². The first-order chi connectivity index (χ1) is 67.9. The normalized spacial score (nSPS) is 11.8. The number of rotatable bonds is 9. The summed E-state index contributed by atoms with van der Waals surface area (Å²) in [5, 5.41) is 34.2. The number of fused-ring (bicyclic) bond motifs is 21. The minimum Gasteiger partial charge on any atom is -0.456 e. The molecule has 0 fully saturated rings.